The van der Waals surface area contributed by atoms with Gasteiger partial charge in [-0.15, -0.1) is 0 Å². The van der Waals surface area contributed by atoms with E-state index >= 15 is 0 Å². The van der Waals surface area contributed by atoms with Gasteiger partial charge in [-0.25, -0.2) is 0 Å². The van der Waals surface area contributed by atoms with E-state index in [0.717, 1.165) is 6.07 Å². The zero-order valence-corrected chi connectivity index (χ0v) is 9.81. The minimum absolute atomic E-state index is 0.0695. The minimum Gasteiger partial charge on any atom is -0.423 e. The van der Waals surface area contributed by atoms with Crippen LogP contribution in [0, 0.1) is 0 Å². The Morgan fingerprint density at radius 1 is 1.35 bits per heavy atom. The lowest BCUT2D eigenvalue weighted by molar-refractivity contribution is -0.105. The summed E-state index contributed by atoms with van der Waals surface area (Å²) in [6, 6.07) is 3.37. The molecule has 1 rings (SSSR count). The van der Waals surface area contributed by atoms with E-state index in [1.807, 2.05) is 0 Å². The van der Waals surface area contributed by atoms with E-state index in [2.05, 4.69) is 0 Å². The SMILES string of the molecule is O=[S@](CC(F)(F)F)c1cc(B(O)O)ccc1Cl. The van der Waals surface area contributed by atoms with Gasteiger partial charge in [-0.05, 0) is 17.6 Å². The zero-order valence-electron chi connectivity index (χ0n) is 8.24. The lowest BCUT2D eigenvalue weighted by Gasteiger charge is -2.09. The van der Waals surface area contributed by atoms with Crippen LogP contribution in [0.5, 0.6) is 0 Å². The Hall–Kier alpha value is -0.565. The fourth-order valence-corrected chi connectivity index (χ4v) is 2.46. The van der Waals surface area contributed by atoms with Crippen molar-refractivity contribution in [2.24, 2.45) is 0 Å². The van der Waals surface area contributed by atoms with Crippen molar-refractivity contribution < 1.29 is 27.4 Å². The van der Waals surface area contributed by atoms with Crippen molar-refractivity contribution in [1.29, 1.82) is 0 Å². The molecule has 0 saturated heterocycles. The van der Waals surface area contributed by atoms with E-state index in [-0.39, 0.29) is 15.4 Å². The van der Waals surface area contributed by atoms with E-state index in [9.17, 15) is 17.4 Å². The second kappa shape index (κ2) is 5.39. The standard InChI is InChI=1S/C8H7BClF3O3S/c10-6-2-1-5(9(14)15)3-7(6)17(16)4-8(11,12)13/h1-3,14-15H,4H2/t17-/m1/s1. The quantitative estimate of drug-likeness (QED) is 0.804. The third-order valence-electron chi connectivity index (χ3n) is 1.79. The number of hydrogen-bond acceptors (Lipinski definition) is 3. The van der Waals surface area contributed by atoms with Crippen molar-refractivity contribution in [2.45, 2.75) is 11.1 Å². The fraction of sp³-hybridized carbons (Fsp3) is 0.250. The highest BCUT2D eigenvalue weighted by atomic mass is 35.5. The summed E-state index contributed by atoms with van der Waals surface area (Å²) in [4.78, 5) is -0.269. The fourth-order valence-electron chi connectivity index (χ4n) is 1.08. The van der Waals surface area contributed by atoms with Crippen molar-refractivity contribution in [1.82, 2.24) is 0 Å². The van der Waals surface area contributed by atoms with Gasteiger partial charge in [0, 0.05) is 0 Å². The lowest BCUT2D eigenvalue weighted by atomic mass is 9.80. The summed E-state index contributed by atoms with van der Waals surface area (Å²) in [6.07, 6.45) is -4.58. The third-order valence-corrected chi connectivity index (χ3v) is 3.65. The molecule has 0 unspecified atom stereocenters. The predicted octanol–water partition coefficient (Wildman–Crippen LogP) is 0.690. The largest absolute Gasteiger partial charge is 0.488 e. The Morgan fingerprint density at radius 2 is 1.94 bits per heavy atom. The molecule has 0 saturated carbocycles. The molecular formula is C8H7BClF3O3S. The smallest absolute Gasteiger partial charge is 0.423 e. The van der Waals surface area contributed by atoms with Gasteiger partial charge < -0.3 is 10.0 Å². The van der Waals surface area contributed by atoms with Crippen molar-refractivity contribution in [3.05, 3.63) is 23.2 Å². The number of rotatable bonds is 3. The van der Waals surface area contributed by atoms with Gasteiger partial charge in [-0.3, -0.25) is 4.21 Å². The first kappa shape index (κ1) is 14.5. The average Bonchev–Trinajstić information content (AvgIpc) is 2.14. The molecule has 0 bridgehead atoms. The first-order chi connectivity index (χ1) is 7.70. The number of hydrogen-bond donors (Lipinski definition) is 2. The molecule has 0 aliphatic heterocycles. The van der Waals surface area contributed by atoms with E-state index in [0.29, 0.717) is 0 Å². The molecule has 1 atom stereocenters. The second-order valence-corrected chi connectivity index (χ2v) is 5.00. The molecule has 1 aromatic carbocycles. The Bertz CT molecular complexity index is 439. The van der Waals surface area contributed by atoms with E-state index in [1.165, 1.54) is 12.1 Å². The number of halogens is 4. The molecule has 0 aliphatic rings. The van der Waals surface area contributed by atoms with Gasteiger partial charge >= 0.3 is 13.3 Å². The molecule has 0 amide bonds. The molecule has 0 fully saturated rings. The lowest BCUT2D eigenvalue weighted by Crippen LogP contribution is -2.30. The molecule has 2 N–H and O–H groups in total. The topological polar surface area (TPSA) is 57.5 Å². The highest BCUT2D eigenvalue weighted by Gasteiger charge is 2.32. The summed E-state index contributed by atoms with van der Waals surface area (Å²) in [7, 11) is -4.22. The second-order valence-electron chi connectivity index (χ2n) is 3.17. The van der Waals surface area contributed by atoms with Crippen LogP contribution in [0.1, 0.15) is 0 Å². The van der Waals surface area contributed by atoms with Crippen LogP contribution in [0.4, 0.5) is 13.2 Å². The van der Waals surface area contributed by atoms with Gasteiger partial charge in [-0.1, -0.05) is 17.7 Å². The third kappa shape index (κ3) is 4.31. The summed E-state index contributed by atoms with van der Waals surface area (Å²) in [5.41, 5.74) is -0.0695. The van der Waals surface area contributed by atoms with Gasteiger partial charge in [0.15, 0.2) is 0 Å². The van der Waals surface area contributed by atoms with Crippen LogP contribution in [-0.2, 0) is 10.8 Å². The summed E-state index contributed by atoms with van der Waals surface area (Å²) >= 11 is 5.60. The van der Waals surface area contributed by atoms with Crippen LogP contribution in [0.15, 0.2) is 23.1 Å². The van der Waals surface area contributed by atoms with Crippen LogP contribution in [0.3, 0.4) is 0 Å². The van der Waals surface area contributed by atoms with Crippen molar-refractivity contribution in [3.8, 4) is 0 Å². The summed E-state index contributed by atoms with van der Waals surface area (Å²) in [5, 5.41) is 17.6. The Labute approximate surface area is 103 Å². The Morgan fingerprint density at radius 3 is 2.41 bits per heavy atom. The van der Waals surface area contributed by atoms with E-state index in [1.54, 1.807) is 0 Å². The summed E-state index contributed by atoms with van der Waals surface area (Å²) < 4.78 is 47.5. The molecule has 0 radical (unpaired) electrons. The van der Waals surface area contributed by atoms with Gasteiger partial charge in [0.1, 0.15) is 5.75 Å². The highest BCUT2D eigenvalue weighted by Crippen LogP contribution is 2.24. The summed E-state index contributed by atoms with van der Waals surface area (Å²) in [5.74, 6) is -1.53. The maximum Gasteiger partial charge on any atom is 0.488 e. The first-order valence-electron chi connectivity index (χ1n) is 4.31. The van der Waals surface area contributed by atoms with Crippen LogP contribution >= 0.6 is 11.6 Å². The van der Waals surface area contributed by atoms with Crippen LogP contribution in [-0.4, -0.2) is 33.3 Å². The van der Waals surface area contributed by atoms with E-state index in [4.69, 9.17) is 21.6 Å². The molecule has 3 nitrogen and oxygen atoms in total. The van der Waals surface area contributed by atoms with Gasteiger partial charge in [-0.2, -0.15) is 13.2 Å². The number of benzene rings is 1. The summed E-state index contributed by atoms with van der Waals surface area (Å²) in [6.45, 7) is 0. The zero-order chi connectivity index (χ0) is 13.2. The van der Waals surface area contributed by atoms with Crippen LogP contribution in [0.25, 0.3) is 0 Å². The monoisotopic (exact) mass is 286 g/mol. The number of alkyl halides is 3. The van der Waals surface area contributed by atoms with Crippen molar-refractivity contribution in [2.75, 3.05) is 5.75 Å². The maximum absolute atomic E-state index is 12.0. The van der Waals surface area contributed by atoms with Gasteiger partial charge in [0.05, 0.1) is 20.7 Å². The Balaban J connectivity index is 3.04. The molecule has 0 aromatic heterocycles. The average molecular weight is 286 g/mol. The first-order valence-corrected chi connectivity index (χ1v) is 6.01. The van der Waals surface area contributed by atoms with Crippen molar-refractivity contribution in [3.63, 3.8) is 0 Å². The highest BCUT2D eigenvalue weighted by molar-refractivity contribution is 7.85. The molecule has 1 aromatic rings. The molecule has 0 aliphatic carbocycles. The molecular weight excluding hydrogens is 279 g/mol. The minimum atomic E-state index is -4.58. The molecule has 17 heavy (non-hydrogen) atoms. The van der Waals surface area contributed by atoms with Gasteiger partial charge in [0.2, 0.25) is 0 Å². The molecule has 0 spiro atoms. The van der Waals surface area contributed by atoms with Crippen LogP contribution < -0.4 is 5.46 Å². The molecule has 9 heteroatoms. The van der Waals surface area contributed by atoms with Crippen LogP contribution in [0.2, 0.25) is 5.02 Å². The maximum atomic E-state index is 12.0. The normalized spacial score (nSPS) is 13.5. The predicted molar refractivity (Wildman–Crippen MR) is 58.6 cm³/mol. The van der Waals surface area contributed by atoms with E-state index < -0.39 is 29.8 Å². The van der Waals surface area contributed by atoms with Crippen molar-refractivity contribution >= 4 is 35.0 Å². The Kier molecular flexibility index (Phi) is 4.59. The van der Waals surface area contributed by atoms with Gasteiger partial charge in [0.25, 0.3) is 0 Å². The molecule has 94 valence electrons. The molecule has 0 heterocycles.